The number of anilines is 1. The van der Waals surface area contributed by atoms with E-state index in [2.05, 4.69) is 20.8 Å². The summed E-state index contributed by atoms with van der Waals surface area (Å²) in [6.45, 7) is 4.31. The number of nitrogens with one attached hydrogen (secondary N) is 2. The molecule has 2 amide bonds. The molecule has 3 rings (SSSR count). The summed E-state index contributed by atoms with van der Waals surface area (Å²) < 4.78 is 15.1. The molecule has 3 aromatic rings. The summed E-state index contributed by atoms with van der Waals surface area (Å²) in [6.07, 6.45) is 0. The number of aromatic nitrogens is 3. The van der Waals surface area contributed by atoms with Gasteiger partial charge in [-0.3, -0.25) is 9.59 Å². The average Bonchev–Trinajstić information content (AvgIpc) is 3.16. The lowest BCUT2D eigenvalue weighted by Gasteiger charge is -2.15. The monoisotopic (exact) mass is 461 g/mol. The third kappa shape index (κ3) is 6.05. The molecule has 2 N–H and O–H groups in total. The van der Waals surface area contributed by atoms with Crippen LogP contribution in [-0.2, 0) is 11.3 Å². The molecule has 0 unspecified atom stereocenters. The molecule has 0 saturated carbocycles. The van der Waals surface area contributed by atoms with Crippen molar-refractivity contribution in [1.29, 1.82) is 0 Å². The lowest BCUT2D eigenvalue weighted by atomic mass is 10.2. The SMILES string of the molecule is CCn1c(SCC(=O)Nc2cccc(F)c2)nnc1[C@H](C)NC(=O)c1ccc(Cl)cc1. The van der Waals surface area contributed by atoms with Gasteiger partial charge in [-0.05, 0) is 56.3 Å². The van der Waals surface area contributed by atoms with E-state index in [1.54, 1.807) is 30.3 Å². The lowest BCUT2D eigenvalue weighted by molar-refractivity contribution is -0.113. The fourth-order valence-electron chi connectivity index (χ4n) is 2.86. The summed E-state index contributed by atoms with van der Waals surface area (Å²) in [5.74, 6) is -0.293. The standard InChI is InChI=1S/C21H21ClFN5O2S/c1-3-28-19(13(2)24-20(30)14-7-9-15(22)10-8-14)26-27-21(28)31-12-18(29)25-17-6-4-5-16(23)11-17/h4-11,13H,3,12H2,1-2H3,(H,24,30)(H,25,29)/t13-/m0/s1. The number of carbonyl (C=O) groups is 2. The normalized spacial score (nSPS) is 11.7. The smallest absolute Gasteiger partial charge is 0.251 e. The minimum atomic E-state index is -0.421. The van der Waals surface area contributed by atoms with Crippen LogP contribution < -0.4 is 10.6 Å². The van der Waals surface area contributed by atoms with Gasteiger partial charge in [0.25, 0.3) is 5.91 Å². The Hall–Kier alpha value is -2.91. The van der Waals surface area contributed by atoms with Gasteiger partial charge in [0.1, 0.15) is 5.82 Å². The Morgan fingerprint density at radius 1 is 1.19 bits per heavy atom. The maximum absolute atomic E-state index is 13.2. The molecule has 0 aliphatic carbocycles. The molecule has 0 radical (unpaired) electrons. The van der Waals surface area contributed by atoms with E-state index in [0.717, 1.165) is 0 Å². The Morgan fingerprint density at radius 2 is 1.94 bits per heavy atom. The van der Waals surface area contributed by atoms with Gasteiger partial charge in [-0.1, -0.05) is 29.4 Å². The first kappa shape index (κ1) is 22.8. The van der Waals surface area contributed by atoms with E-state index in [0.29, 0.717) is 33.8 Å². The van der Waals surface area contributed by atoms with Crippen molar-refractivity contribution in [2.24, 2.45) is 0 Å². The molecule has 0 aliphatic rings. The van der Waals surface area contributed by atoms with Gasteiger partial charge in [0.15, 0.2) is 11.0 Å². The number of carbonyl (C=O) groups excluding carboxylic acids is 2. The number of amides is 2. The fraction of sp³-hybridized carbons (Fsp3) is 0.238. The van der Waals surface area contributed by atoms with Crippen LogP contribution in [0.25, 0.3) is 0 Å². The van der Waals surface area contributed by atoms with Crippen molar-refractivity contribution in [2.45, 2.75) is 31.6 Å². The van der Waals surface area contributed by atoms with E-state index in [1.807, 2.05) is 18.4 Å². The largest absolute Gasteiger partial charge is 0.342 e. The van der Waals surface area contributed by atoms with E-state index in [4.69, 9.17) is 11.6 Å². The Labute approximate surface area is 188 Å². The third-order valence-corrected chi connectivity index (χ3v) is 5.56. The molecule has 7 nitrogen and oxygen atoms in total. The van der Waals surface area contributed by atoms with Gasteiger partial charge in [-0.25, -0.2) is 4.39 Å². The van der Waals surface area contributed by atoms with E-state index in [1.165, 1.54) is 30.0 Å². The molecule has 0 aliphatic heterocycles. The van der Waals surface area contributed by atoms with E-state index < -0.39 is 11.9 Å². The molecule has 1 atom stereocenters. The Kier molecular flexibility index (Phi) is 7.64. The quantitative estimate of drug-likeness (QED) is 0.488. The maximum atomic E-state index is 13.2. The third-order valence-electron chi connectivity index (χ3n) is 4.34. The number of thioether (sulfide) groups is 1. The van der Waals surface area contributed by atoms with Crippen molar-refractivity contribution in [2.75, 3.05) is 11.1 Å². The molecule has 2 aromatic carbocycles. The van der Waals surface area contributed by atoms with Crippen LogP contribution in [0.1, 0.15) is 36.1 Å². The summed E-state index contributed by atoms with van der Waals surface area (Å²) in [5, 5.41) is 15.0. The van der Waals surface area contributed by atoms with Crippen LogP contribution in [0.15, 0.2) is 53.7 Å². The number of hydrogen-bond acceptors (Lipinski definition) is 5. The first-order valence-electron chi connectivity index (χ1n) is 9.55. The first-order valence-corrected chi connectivity index (χ1v) is 10.9. The van der Waals surface area contributed by atoms with Crippen LogP contribution in [0.5, 0.6) is 0 Å². The molecule has 0 saturated heterocycles. The van der Waals surface area contributed by atoms with Crippen LogP contribution in [0, 0.1) is 5.82 Å². The molecule has 1 aromatic heterocycles. The zero-order valence-electron chi connectivity index (χ0n) is 16.9. The van der Waals surface area contributed by atoms with Crippen LogP contribution in [0.4, 0.5) is 10.1 Å². The van der Waals surface area contributed by atoms with Gasteiger partial charge in [-0.2, -0.15) is 0 Å². The predicted molar refractivity (Wildman–Crippen MR) is 119 cm³/mol. The van der Waals surface area contributed by atoms with E-state index in [-0.39, 0.29) is 17.6 Å². The van der Waals surface area contributed by atoms with Gasteiger partial charge >= 0.3 is 0 Å². The Bertz CT molecular complexity index is 1070. The highest BCUT2D eigenvalue weighted by atomic mass is 35.5. The fourth-order valence-corrected chi connectivity index (χ4v) is 3.80. The van der Waals surface area contributed by atoms with Gasteiger partial charge in [-0.15, -0.1) is 10.2 Å². The van der Waals surface area contributed by atoms with Gasteiger partial charge in [0.05, 0.1) is 11.8 Å². The van der Waals surface area contributed by atoms with Gasteiger partial charge in [0, 0.05) is 22.8 Å². The summed E-state index contributed by atoms with van der Waals surface area (Å²) in [4.78, 5) is 24.6. The lowest BCUT2D eigenvalue weighted by Crippen LogP contribution is -2.28. The zero-order chi connectivity index (χ0) is 22.4. The minimum absolute atomic E-state index is 0.0835. The van der Waals surface area contributed by atoms with Crippen LogP contribution in [0.3, 0.4) is 0 Å². The number of rotatable bonds is 8. The molecule has 31 heavy (non-hydrogen) atoms. The maximum Gasteiger partial charge on any atom is 0.251 e. The van der Waals surface area contributed by atoms with E-state index >= 15 is 0 Å². The van der Waals surface area contributed by atoms with Gasteiger partial charge in [0.2, 0.25) is 5.91 Å². The van der Waals surface area contributed by atoms with Crippen LogP contribution in [-0.4, -0.2) is 32.3 Å². The van der Waals surface area contributed by atoms with Crippen molar-refractivity contribution >= 4 is 40.9 Å². The highest BCUT2D eigenvalue weighted by Crippen LogP contribution is 2.21. The summed E-state index contributed by atoms with van der Waals surface area (Å²) in [7, 11) is 0. The number of benzene rings is 2. The second-order valence-corrected chi connectivity index (χ2v) is 8.01. The molecule has 162 valence electrons. The molecule has 0 spiro atoms. The van der Waals surface area contributed by atoms with Crippen molar-refractivity contribution in [3.05, 3.63) is 70.8 Å². The molecule has 0 fully saturated rings. The molecular weight excluding hydrogens is 441 g/mol. The summed E-state index contributed by atoms with van der Waals surface area (Å²) in [5.41, 5.74) is 0.879. The number of halogens is 2. The van der Waals surface area contributed by atoms with Crippen molar-refractivity contribution in [1.82, 2.24) is 20.1 Å². The second-order valence-electron chi connectivity index (χ2n) is 6.63. The highest BCUT2D eigenvalue weighted by Gasteiger charge is 2.20. The van der Waals surface area contributed by atoms with Gasteiger partial charge < -0.3 is 15.2 Å². The summed E-state index contributed by atoms with van der Waals surface area (Å²) in [6, 6.07) is 11.9. The summed E-state index contributed by atoms with van der Waals surface area (Å²) >= 11 is 7.08. The Morgan fingerprint density at radius 3 is 2.61 bits per heavy atom. The van der Waals surface area contributed by atoms with Crippen LogP contribution >= 0.6 is 23.4 Å². The average molecular weight is 462 g/mol. The topological polar surface area (TPSA) is 88.9 Å². The molecular formula is C21H21ClFN5O2S. The zero-order valence-corrected chi connectivity index (χ0v) is 18.5. The minimum Gasteiger partial charge on any atom is -0.342 e. The van der Waals surface area contributed by atoms with Crippen LogP contribution in [0.2, 0.25) is 5.02 Å². The van der Waals surface area contributed by atoms with Crippen molar-refractivity contribution in [3.63, 3.8) is 0 Å². The predicted octanol–water partition coefficient (Wildman–Crippen LogP) is 4.31. The second kappa shape index (κ2) is 10.4. The number of nitrogens with zero attached hydrogens (tertiary/aromatic N) is 3. The highest BCUT2D eigenvalue weighted by molar-refractivity contribution is 7.99. The Balaban J connectivity index is 1.62. The first-order chi connectivity index (χ1) is 14.9. The molecule has 1 heterocycles. The molecule has 10 heteroatoms. The van der Waals surface area contributed by atoms with Crippen molar-refractivity contribution < 1.29 is 14.0 Å². The van der Waals surface area contributed by atoms with E-state index in [9.17, 15) is 14.0 Å². The molecule has 0 bridgehead atoms. The van der Waals surface area contributed by atoms with Crippen molar-refractivity contribution in [3.8, 4) is 0 Å². The number of hydrogen-bond donors (Lipinski definition) is 2.